The van der Waals surface area contributed by atoms with Crippen LogP contribution in [0.1, 0.15) is 19.8 Å². The minimum Gasteiger partial charge on any atom is -0.358 e. The lowest BCUT2D eigenvalue weighted by atomic mass is 9.90. The smallest absolute Gasteiger partial charge is 0.247 e. The fourth-order valence-corrected chi connectivity index (χ4v) is 3.24. The van der Waals surface area contributed by atoms with Crippen LogP contribution in [0.3, 0.4) is 0 Å². The van der Waals surface area contributed by atoms with E-state index in [1.54, 1.807) is 12.1 Å². The van der Waals surface area contributed by atoms with Gasteiger partial charge in [0.1, 0.15) is 11.9 Å². The molecule has 1 amide bonds. The Hall–Kier alpha value is -0.850. The van der Waals surface area contributed by atoms with E-state index >= 15 is 0 Å². The summed E-state index contributed by atoms with van der Waals surface area (Å²) in [7, 11) is 0. The summed E-state index contributed by atoms with van der Waals surface area (Å²) in [6.07, 6.45) is 1.90. The highest BCUT2D eigenvalue weighted by Gasteiger charge is 2.37. The van der Waals surface area contributed by atoms with E-state index in [0.29, 0.717) is 9.49 Å². The molecule has 0 bridgehead atoms. The minimum atomic E-state index is -0.220. The van der Waals surface area contributed by atoms with E-state index < -0.39 is 0 Å². The number of nitrogens with zero attached hydrogens (tertiary/aromatic N) is 1. The van der Waals surface area contributed by atoms with Gasteiger partial charge in [-0.2, -0.15) is 0 Å². The van der Waals surface area contributed by atoms with Gasteiger partial charge in [0, 0.05) is 12.6 Å². The van der Waals surface area contributed by atoms with Gasteiger partial charge in [-0.25, -0.2) is 4.39 Å². The van der Waals surface area contributed by atoms with Crippen LogP contribution in [0.25, 0.3) is 0 Å². The molecule has 2 atom stereocenters. The zero-order valence-electron chi connectivity index (χ0n) is 10.0. The summed E-state index contributed by atoms with van der Waals surface area (Å²) in [4.78, 5) is 14.1. The van der Waals surface area contributed by atoms with Gasteiger partial charge in [-0.1, -0.05) is 6.92 Å². The molecule has 1 saturated heterocycles. The van der Waals surface area contributed by atoms with E-state index in [4.69, 9.17) is 0 Å². The van der Waals surface area contributed by atoms with Crippen molar-refractivity contribution < 1.29 is 9.18 Å². The molecule has 0 radical (unpaired) electrons. The summed E-state index contributed by atoms with van der Waals surface area (Å²) >= 11 is 1.94. The van der Waals surface area contributed by atoms with Crippen molar-refractivity contribution in [3.8, 4) is 0 Å². The highest BCUT2D eigenvalue weighted by molar-refractivity contribution is 14.1. The molecule has 2 unspecified atom stereocenters. The van der Waals surface area contributed by atoms with Crippen molar-refractivity contribution in [1.29, 1.82) is 0 Å². The van der Waals surface area contributed by atoms with Crippen LogP contribution >= 0.6 is 22.6 Å². The van der Waals surface area contributed by atoms with Crippen LogP contribution in [-0.4, -0.2) is 18.5 Å². The summed E-state index contributed by atoms with van der Waals surface area (Å²) < 4.78 is 14.2. The molecule has 96 valence electrons. The molecule has 0 saturated carbocycles. The number of benzene rings is 1. The Morgan fingerprint density at radius 1 is 1.50 bits per heavy atom. The summed E-state index contributed by atoms with van der Waals surface area (Å²) in [5, 5.41) is 2.90. The van der Waals surface area contributed by atoms with Crippen molar-refractivity contribution in [3.05, 3.63) is 21.5 Å². The highest BCUT2D eigenvalue weighted by Crippen LogP contribution is 2.38. The molecule has 5 heteroatoms. The fourth-order valence-electron chi connectivity index (χ4n) is 2.77. The number of piperidine rings is 1. The quantitative estimate of drug-likeness (QED) is 0.722. The molecule has 3 rings (SSSR count). The molecule has 0 spiro atoms. The maximum Gasteiger partial charge on any atom is 0.247 e. The van der Waals surface area contributed by atoms with Crippen LogP contribution in [0.15, 0.2) is 12.1 Å². The maximum atomic E-state index is 13.7. The Bertz CT molecular complexity index is 520. The normalized spacial score (nSPS) is 26.4. The van der Waals surface area contributed by atoms with E-state index in [1.807, 2.05) is 27.5 Å². The van der Waals surface area contributed by atoms with Gasteiger partial charge in [-0.15, -0.1) is 0 Å². The zero-order valence-corrected chi connectivity index (χ0v) is 12.2. The first-order valence-corrected chi connectivity index (χ1v) is 7.20. The summed E-state index contributed by atoms with van der Waals surface area (Å²) in [6, 6.07) is 3.11. The van der Waals surface area contributed by atoms with Crippen molar-refractivity contribution in [2.75, 3.05) is 16.8 Å². The van der Waals surface area contributed by atoms with Crippen molar-refractivity contribution >= 4 is 39.9 Å². The third kappa shape index (κ3) is 1.88. The predicted octanol–water partition coefficient (Wildman–Crippen LogP) is 2.99. The molecule has 0 aliphatic carbocycles. The number of halogens is 2. The molecule has 1 N–H and O–H groups in total. The molecule has 1 fully saturated rings. The number of rotatable bonds is 0. The lowest BCUT2D eigenvalue weighted by Crippen LogP contribution is -2.52. The van der Waals surface area contributed by atoms with Gasteiger partial charge >= 0.3 is 0 Å². The van der Waals surface area contributed by atoms with Crippen molar-refractivity contribution in [2.24, 2.45) is 5.92 Å². The molecule has 0 aromatic heterocycles. The largest absolute Gasteiger partial charge is 0.358 e. The third-order valence-electron chi connectivity index (χ3n) is 3.77. The number of nitrogens with one attached hydrogen (secondary N) is 1. The first-order valence-electron chi connectivity index (χ1n) is 6.13. The van der Waals surface area contributed by atoms with E-state index in [9.17, 15) is 9.18 Å². The predicted molar refractivity (Wildman–Crippen MR) is 77.3 cm³/mol. The standard InChI is InChI=1S/C13H14FIN2O/c1-7-2-3-17-11-5-8(14)9(15)6-10(11)16-13(18)12(17)4-7/h5-7,12H,2-4H2,1H3,(H,16,18). The average molecular weight is 360 g/mol. The van der Waals surface area contributed by atoms with Crippen molar-refractivity contribution in [2.45, 2.75) is 25.8 Å². The lowest BCUT2D eigenvalue weighted by Gasteiger charge is -2.43. The molecular formula is C13H14FIN2O. The number of hydrogen-bond donors (Lipinski definition) is 1. The van der Waals surface area contributed by atoms with Crippen LogP contribution in [0, 0.1) is 15.3 Å². The second-order valence-electron chi connectivity index (χ2n) is 5.11. The molecule has 2 heterocycles. The van der Waals surface area contributed by atoms with Gasteiger partial charge in [-0.05, 0) is 47.4 Å². The van der Waals surface area contributed by atoms with Gasteiger partial charge in [0.25, 0.3) is 0 Å². The summed E-state index contributed by atoms with van der Waals surface area (Å²) in [6.45, 7) is 2.99. The number of amides is 1. The van der Waals surface area contributed by atoms with E-state index in [0.717, 1.165) is 30.8 Å². The molecule has 18 heavy (non-hydrogen) atoms. The van der Waals surface area contributed by atoms with Crippen LogP contribution in [-0.2, 0) is 4.79 Å². The van der Waals surface area contributed by atoms with Crippen molar-refractivity contribution in [1.82, 2.24) is 0 Å². The van der Waals surface area contributed by atoms with E-state index in [2.05, 4.69) is 12.2 Å². The number of anilines is 2. The Morgan fingerprint density at radius 3 is 3.06 bits per heavy atom. The van der Waals surface area contributed by atoms with Crippen molar-refractivity contribution in [3.63, 3.8) is 0 Å². The third-order valence-corrected chi connectivity index (χ3v) is 4.60. The maximum absolute atomic E-state index is 13.7. The van der Waals surface area contributed by atoms with Gasteiger partial charge < -0.3 is 10.2 Å². The Morgan fingerprint density at radius 2 is 2.28 bits per heavy atom. The minimum absolute atomic E-state index is 0.0384. The second-order valence-corrected chi connectivity index (χ2v) is 6.27. The first kappa shape index (κ1) is 12.2. The lowest BCUT2D eigenvalue weighted by molar-refractivity contribution is -0.118. The van der Waals surface area contributed by atoms with Gasteiger partial charge in [0.15, 0.2) is 0 Å². The molecule has 1 aromatic carbocycles. The number of carbonyl (C=O) groups excluding carboxylic acids is 1. The average Bonchev–Trinajstić information content (AvgIpc) is 2.32. The molecule has 2 aliphatic rings. The molecule has 3 nitrogen and oxygen atoms in total. The van der Waals surface area contributed by atoms with Crippen LogP contribution < -0.4 is 10.2 Å². The first-order chi connectivity index (χ1) is 8.56. The SMILES string of the molecule is CC1CCN2c3cc(F)c(I)cc3NC(=O)C2C1. The van der Waals surface area contributed by atoms with Gasteiger partial charge in [0.05, 0.1) is 14.9 Å². The summed E-state index contributed by atoms with van der Waals surface area (Å²) in [5.41, 5.74) is 1.56. The summed E-state index contributed by atoms with van der Waals surface area (Å²) in [5.74, 6) is 0.367. The topological polar surface area (TPSA) is 32.3 Å². The van der Waals surface area contributed by atoms with Gasteiger partial charge in [0.2, 0.25) is 5.91 Å². The number of carbonyl (C=O) groups is 1. The zero-order chi connectivity index (χ0) is 12.9. The van der Waals surface area contributed by atoms with Crippen LogP contribution in [0.4, 0.5) is 15.8 Å². The number of fused-ring (bicyclic) bond motifs is 3. The van der Waals surface area contributed by atoms with Crippen LogP contribution in [0.2, 0.25) is 0 Å². The Balaban J connectivity index is 2.05. The second kappa shape index (κ2) is 4.36. The molecular weight excluding hydrogens is 346 g/mol. The van der Waals surface area contributed by atoms with Gasteiger partial charge in [-0.3, -0.25) is 4.79 Å². The number of hydrogen-bond acceptors (Lipinski definition) is 2. The monoisotopic (exact) mass is 360 g/mol. The highest BCUT2D eigenvalue weighted by atomic mass is 127. The Kier molecular flexibility index (Phi) is 2.96. The Labute approximate surface area is 119 Å². The van der Waals surface area contributed by atoms with E-state index in [-0.39, 0.29) is 17.8 Å². The van der Waals surface area contributed by atoms with E-state index in [1.165, 1.54) is 0 Å². The fraction of sp³-hybridized carbons (Fsp3) is 0.462. The molecule has 1 aromatic rings. The molecule has 2 aliphatic heterocycles. The van der Waals surface area contributed by atoms with Crippen LogP contribution in [0.5, 0.6) is 0 Å².